The summed E-state index contributed by atoms with van der Waals surface area (Å²) in [6.45, 7) is 4.13. The third kappa shape index (κ3) is 5.56. The van der Waals surface area contributed by atoms with Crippen molar-refractivity contribution in [1.82, 2.24) is 14.9 Å². The number of benzene rings is 2. The van der Waals surface area contributed by atoms with Gasteiger partial charge in [0.25, 0.3) is 11.8 Å². The highest BCUT2D eigenvalue weighted by atomic mass is 35.5. The Balaban J connectivity index is 2.02. The molecule has 0 aromatic heterocycles. The van der Waals surface area contributed by atoms with Gasteiger partial charge in [0.15, 0.2) is 0 Å². The number of sulfonamides is 1. The molecular formula is C20H23ClFN3O4S. The predicted molar refractivity (Wildman–Crippen MR) is 113 cm³/mol. The van der Waals surface area contributed by atoms with Gasteiger partial charge in [-0.3, -0.25) is 9.59 Å². The molecule has 0 spiro atoms. The van der Waals surface area contributed by atoms with E-state index >= 15 is 0 Å². The van der Waals surface area contributed by atoms with E-state index in [1.807, 2.05) is 0 Å². The molecule has 7 nitrogen and oxygen atoms in total. The zero-order valence-electron chi connectivity index (χ0n) is 16.6. The molecule has 0 heterocycles. The van der Waals surface area contributed by atoms with Crippen LogP contribution in [0.4, 0.5) is 4.39 Å². The van der Waals surface area contributed by atoms with Gasteiger partial charge in [-0.05, 0) is 30.3 Å². The van der Waals surface area contributed by atoms with Crippen LogP contribution in [-0.4, -0.2) is 50.7 Å². The van der Waals surface area contributed by atoms with E-state index in [1.54, 1.807) is 19.9 Å². The van der Waals surface area contributed by atoms with Crippen molar-refractivity contribution < 1.29 is 22.4 Å². The molecule has 0 bridgehead atoms. The third-order valence-electron chi connectivity index (χ3n) is 4.34. The lowest BCUT2D eigenvalue weighted by Crippen LogP contribution is -2.35. The maximum absolute atomic E-state index is 13.6. The van der Waals surface area contributed by atoms with Gasteiger partial charge in [-0.25, -0.2) is 12.8 Å². The number of carbonyl (C=O) groups is 2. The monoisotopic (exact) mass is 455 g/mol. The minimum Gasteiger partial charge on any atom is -0.350 e. The lowest BCUT2D eigenvalue weighted by Gasteiger charge is -2.19. The molecule has 2 rings (SSSR count). The zero-order valence-corrected chi connectivity index (χ0v) is 18.2. The highest BCUT2D eigenvalue weighted by Gasteiger charge is 2.23. The Morgan fingerprint density at radius 3 is 2.10 bits per heavy atom. The molecule has 2 amide bonds. The molecule has 2 aromatic rings. The number of nitrogens with zero attached hydrogens (tertiary/aromatic N) is 1. The van der Waals surface area contributed by atoms with E-state index in [0.29, 0.717) is 13.1 Å². The van der Waals surface area contributed by atoms with Crippen molar-refractivity contribution in [3.05, 3.63) is 64.4 Å². The first-order valence-electron chi connectivity index (χ1n) is 9.33. The summed E-state index contributed by atoms with van der Waals surface area (Å²) in [4.78, 5) is 24.4. The summed E-state index contributed by atoms with van der Waals surface area (Å²) in [6, 6.07) is 9.48. The van der Waals surface area contributed by atoms with E-state index in [4.69, 9.17) is 11.6 Å². The van der Waals surface area contributed by atoms with Gasteiger partial charge in [-0.2, -0.15) is 4.31 Å². The first-order valence-corrected chi connectivity index (χ1v) is 11.1. The molecule has 162 valence electrons. The smallest absolute Gasteiger partial charge is 0.254 e. The largest absolute Gasteiger partial charge is 0.350 e. The summed E-state index contributed by atoms with van der Waals surface area (Å²) >= 11 is 6.07. The van der Waals surface area contributed by atoms with Crippen LogP contribution in [0.15, 0.2) is 47.4 Å². The molecule has 0 saturated carbocycles. The second kappa shape index (κ2) is 10.5. The molecule has 0 fully saturated rings. The molecule has 10 heteroatoms. The fourth-order valence-electron chi connectivity index (χ4n) is 2.74. The second-order valence-electron chi connectivity index (χ2n) is 6.22. The Kier molecular flexibility index (Phi) is 8.33. The Hall–Kier alpha value is -2.49. The van der Waals surface area contributed by atoms with Crippen molar-refractivity contribution in [3.8, 4) is 0 Å². The summed E-state index contributed by atoms with van der Waals surface area (Å²) in [6.07, 6.45) is 0. The van der Waals surface area contributed by atoms with Crippen molar-refractivity contribution in [2.45, 2.75) is 18.7 Å². The summed E-state index contributed by atoms with van der Waals surface area (Å²) < 4.78 is 40.2. The predicted octanol–water partition coefficient (Wildman–Crippen LogP) is 2.67. The van der Waals surface area contributed by atoms with E-state index in [1.165, 1.54) is 40.7 Å². The third-order valence-corrected chi connectivity index (χ3v) is 6.72. The molecular weight excluding hydrogens is 433 g/mol. The lowest BCUT2D eigenvalue weighted by atomic mass is 10.2. The maximum atomic E-state index is 13.6. The number of hydrogen-bond donors (Lipinski definition) is 2. The maximum Gasteiger partial charge on any atom is 0.254 e. The SMILES string of the molecule is CCN(CC)S(=O)(=O)c1ccc(Cl)c(C(=O)NCCNC(=O)c2ccccc2F)c1. The average Bonchev–Trinajstić information content (AvgIpc) is 2.72. The van der Waals surface area contributed by atoms with E-state index < -0.39 is 27.7 Å². The van der Waals surface area contributed by atoms with Crippen molar-refractivity contribution in [1.29, 1.82) is 0 Å². The van der Waals surface area contributed by atoms with Crippen LogP contribution in [0.1, 0.15) is 34.6 Å². The zero-order chi connectivity index (χ0) is 22.3. The van der Waals surface area contributed by atoms with E-state index in [2.05, 4.69) is 10.6 Å². The Morgan fingerprint density at radius 2 is 1.53 bits per heavy atom. The first kappa shape index (κ1) is 23.8. The average molecular weight is 456 g/mol. The van der Waals surface area contributed by atoms with Gasteiger partial charge >= 0.3 is 0 Å². The van der Waals surface area contributed by atoms with Crippen molar-refractivity contribution in [3.63, 3.8) is 0 Å². The fraction of sp³-hybridized carbons (Fsp3) is 0.300. The molecule has 0 aliphatic carbocycles. The Morgan fingerprint density at radius 1 is 0.967 bits per heavy atom. The van der Waals surface area contributed by atoms with Crippen LogP contribution in [0.3, 0.4) is 0 Å². The molecule has 0 aliphatic heterocycles. The van der Waals surface area contributed by atoms with Crippen molar-refractivity contribution in [2.24, 2.45) is 0 Å². The minimum absolute atomic E-state index is 0.00493. The number of hydrogen-bond acceptors (Lipinski definition) is 4. The van der Waals surface area contributed by atoms with E-state index in [0.717, 1.165) is 0 Å². The molecule has 0 saturated heterocycles. The Labute approximate surface area is 180 Å². The van der Waals surface area contributed by atoms with Crippen LogP contribution >= 0.6 is 11.6 Å². The highest BCUT2D eigenvalue weighted by molar-refractivity contribution is 7.89. The van der Waals surface area contributed by atoms with Crippen molar-refractivity contribution in [2.75, 3.05) is 26.2 Å². The molecule has 2 N–H and O–H groups in total. The van der Waals surface area contributed by atoms with Crippen LogP contribution in [0, 0.1) is 5.82 Å². The first-order chi connectivity index (χ1) is 14.2. The van der Waals surface area contributed by atoms with Crippen molar-refractivity contribution >= 4 is 33.4 Å². The van der Waals surface area contributed by atoms with Crippen LogP contribution in [0.5, 0.6) is 0 Å². The number of carbonyl (C=O) groups excluding carboxylic acids is 2. The van der Waals surface area contributed by atoms with E-state index in [-0.39, 0.29) is 34.1 Å². The van der Waals surface area contributed by atoms with E-state index in [9.17, 15) is 22.4 Å². The molecule has 0 atom stereocenters. The quantitative estimate of drug-likeness (QED) is 0.568. The topological polar surface area (TPSA) is 95.6 Å². The van der Waals surface area contributed by atoms with Gasteiger partial charge in [0.1, 0.15) is 5.82 Å². The number of rotatable bonds is 9. The Bertz CT molecular complexity index is 1030. The molecule has 0 unspecified atom stereocenters. The van der Waals surface area contributed by atoms with Gasteiger partial charge in [0.2, 0.25) is 10.0 Å². The fourth-order valence-corrected chi connectivity index (χ4v) is 4.43. The normalized spacial score (nSPS) is 11.4. The van der Waals surface area contributed by atoms with Crippen LogP contribution < -0.4 is 10.6 Å². The summed E-state index contributed by atoms with van der Waals surface area (Å²) in [5, 5.41) is 5.15. The summed E-state index contributed by atoms with van der Waals surface area (Å²) in [5.41, 5.74) is -0.0912. The number of halogens is 2. The highest BCUT2D eigenvalue weighted by Crippen LogP contribution is 2.23. The standard InChI is InChI=1S/C20H23ClFN3O4S/c1-3-25(4-2)30(28,29)14-9-10-17(21)16(13-14)20(27)24-12-11-23-19(26)15-7-5-6-8-18(15)22/h5-10,13H,3-4,11-12H2,1-2H3,(H,23,26)(H,24,27). The summed E-state index contributed by atoms with van der Waals surface area (Å²) in [5.74, 6) is -1.83. The second-order valence-corrected chi connectivity index (χ2v) is 8.57. The molecule has 0 radical (unpaired) electrons. The van der Waals surface area contributed by atoms with Gasteiger partial charge in [-0.15, -0.1) is 0 Å². The lowest BCUT2D eigenvalue weighted by molar-refractivity contribution is 0.0925. The summed E-state index contributed by atoms with van der Waals surface area (Å²) in [7, 11) is -3.74. The molecule has 2 aromatic carbocycles. The van der Waals surface area contributed by atoms with Crippen LogP contribution in [0.25, 0.3) is 0 Å². The van der Waals surface area contributed by atoms with Gasteiger partial charge in [0.05, 0.1) is 21.0 Å². The van der Waals surface area contributed by atoms with Gasteiger partial charge in [-0.1, -0.05) is 37.6 Å². The minimum atomic E-state index is -3.74. The molecule has 30 heavy (non-hydrogen) atoms. The number of nitrogens with one attached hydrogen (secondary N) is 2. The van der Waals surface area contributed by atoms with Gasteiger partial charge < -0.3 is 10.6 Å². The molecule has 0 aliphatic rings. The van der Waals surface area contributed by atoms with Crippen LogP contribution in [-0.2, 0) is 10.0 Å². The van der Waals surface area contributed by atoms with Gasteiger partial charge in [0, 0.05) is 26.2 Å². The number of amides is 2. The van der Waals surface area contributed by atoms with Crippen LogP contribution in [0.2, 0.25) is 5.02 Å².